The zero-order chi connectivity index (χ0) is 19.2. The van der Waals surface area contributed by atoms with Crippen LogP contribution in [0.3, 0.4) is 0 Å². The van der Waals surface area contributed by atoms with Crippen molar-refractivity contribution < 1.29 is 14.3 Å². The molecule has 0 radical (unpaired) electrons. The van der Waals surface area contributed by atoms with E-state index in [1.54, 1.807) is 7.11 Å². The van der Waals surface area contributed by atoms with Crippen molar-refractivity contribution in [1.82, 2.24) is 0 Å². The number of ether oxygens (including phenoxy) is 2. The van der Waals surface area contributed by atoms with E-state index in [0.717, 1.165) is 25.2 Å². The molecule has 0 fully saturated rings. The fourth-order valence-electron chi connectivity index (χ4n) is 3.05. The van der Waals surface area contributed by atoms with E-state index in [1.807, 2.05) is 24.3 Å². The summed E-state index contributed by atoms with van der Waals surface area (Å²) in [6.45, 7) is 7.19. The average Bonchev–Trinajstić information content (AvgIpc) is 2.63. The molecule has 3 nitrogen and oxygen atoms in total. The largest absolute Gasteiger partial charge is 0.456 e. The molecule has 1 aromatic carbocycles. The van der Waals surface area contributed by atoms with Gasteiger partial charge in [-0.25, -0.2) is 4.79 Å². The Morgan fingerprint density at radius 3 is 2.19 bits per heavy atom. The topological polar surface area (TPSA) is 35.5 Å². The maximum atomic E-state index is 12.4. The first-order valence-corrected chi connectivity index (χ1v) is 10.4. The second-order valence-electron chi connectivity index (χ2n) is 7.67. The van der Waals surface area contributed by atoms with Crippen LogP contribution in [0.5, 0.6) is 0 Å². The van der Waals surface area contributed by atoms with Gasteiger partial charge in [0.2, 0.25) is 0 Å². The van der Waals surface area contributed by atoms with Crippen LogP contribution in [0.15, 0.2) is 24.3 Å². The average molecular weight is 363 g/mol. The van der Waals surface area contributed by atoms with Crippen molar-refractivity contribution in [3.63, 3.8) is 0 Å². The third-order valence-corrected chi connectivity index (χ3v) is 4.69. The van der Waals surface area contributed by atoms with Crippen LogP contribution in [-0.4, -0.2) is 25.8 Å². The fraction of sp³-hybridized carbons (Fsp3) is 0.696. The molecule has 1 aromatic rings. The smallest absolute Gasteiger partial charge is 0.338 e. The summed E-state index contributed by atoms with van der Waals surface area (Å²) in [5, 5.41) is 0. The SMILES string of the molecule is CCCCc1ccc(C(=O)OC(CCCCCCC(C)C)COC)cc1. The molecule has 1 atom stereocenters. The van der Waals surface area contributed by atoms with E-state index in [-0.39, 0.29) is 12.1 Å². The lowest BCUT2D eigenvalue weighted by molar-refractivity contribution is 0.00236. The first-order valence-electron chi connectivity index (χ1n) is 10.4. The van der Waals surface area contributed by atoms with Gasteiger partial charge in [0.15, 0.2) is 0 Å². The van der Waals surface area contributed by atoms with Crippen molar-refractivity contribution in [2.75, 3.05) is 13.7 Å². The van der Waals surface area contributed by atoms with Gasteiger partial charge in [0, 0.05) is 7.11 Å². The van der Waals surface area contributed by atoms with Gasteiger partial charge in [0.25, 0.3) is 0 Å². The van der Waals surface area contributed by atoms with E-state index in [9.17, 15) is 4.79 Å². The molecule has 0 heterocycles. The number of aryl methyl sites for hydroxylation is 1. The van der Waals surface area contributed by atoms with Gasteiger partial charge in [0.05, 0.1) is 12.2 Å². The Bertz CT molecular complexity index is 479. The zero-order valence-corrected chi connectivity index (χ0v) is 17.3. The quantitative estimate of drug-likeness (QED) is 0.292. The van der Waals surface area contributed by atoms with E-state index in [1.165, 1.54) is 44.1 Å². The maximum absolute atomic E-state index is 12.4. The molecule has 3 heteroatoms. The molecule has 0 saturated carbocycles. The first kappa shape index (κ1) is 22.7. The Hall–Kier alpha value is -1.35. The lowest BCUT2D eigenvalue weighted by Gasteiger charge is -2.17. The molecule has 148 valence electrons. The molecular weight excluding hydrogens is 324 g/mol. The van der Waals surface area contributed by atoms with Crippen LogP contribution in [0.4, 0.5) is 0 Å². The van der Waals surface area contributed by atoms with Gasteiger partial charge in [-0.15, -0.1) is 0 Å². The van der Waals surface area contributed by atoms with Crippen LogP contribution in [0.1, 0.15) is 88.1 Å². The minimum absolute atomic E-state index is 0.155. The fourth-order valence-corrected chi connectivity index (χ4v) is 3.05. The van der Waals surface area contributed by atoms with Crippen molar-refractivity contribution in [1.29, 1.82) is 0 Å². The zero-order valence-electron chi connectivity index (χ0n) is 17.3. The molecule has 26 heavy (non-hydrogen) atoms. The highest BCUT2D eigenvalue weighted by Gasteiger charge is 2.16. The summed E-state index contributed by atoms with van der Waals surface area (Å²) in [7, 11) is 1.66. The first-order chi connectivity index (χ1) is 12.6. The number of carbonyl (C=O) groups excluding carboxylic acids is 1. The summed E-state index contributed by atoms with van der Waals surface area (Å²) in [6, 6.07) is 7.82. The van der Waals surface area contributed by atoms with Crippen LogP contribution in [0, 0.1) is 5.92 Å². The summed E-state index contributed by atoms with van der Waals surface area (Å²) in [5.74, 6) is 0.541. The van der Waals surface area contributed by atoms with E-state index in [4.69, 9.17) is 9.47 Å². The van der Waals surface area contributed by atoms with Gasteiger partial charge in [-0.3, -0.25) is 0 Å². The molecule has 0 spiro atoms. The third kappa shape index (κ3) is 9.96. The van der Waals surface area contributed by atoms with Gasteiger partial charge >= 0.3 is 5.97 Å². The predicted molar refractivity (Wildman–Crippen MR) is 109 cm³/mol. The molecule has 0 bridgehead atoms. The minimum atomic E-state index is -0.242. The predicted octanol–water partition coefficient (Wildman–Crippen LogP) is 6.20. The number of rotatable bonds is 14. The number of benzene rings is 1. The summed E-state index contributed by atoms with van der Waals surface area (Å²) in [6.07, 6.45) is 10.2. The molecule has 0 N–H and O–H groups in total. The van der Waals surface area contributed by atoms with E-state index in [2.05, 4.69) is 20.8 Å². The van der Waals surface area contributed by atoms with Crippen molar-refractivity contribution in [2.45, 2.75) is 84.7 Å². The van der Waals surface area contributed by atoms with Crippen LogP contribution in [0.2, 0.25) is 0 Å². The number of hydrogen-bond donors (Lipinski definition) is 0. The number of unbranched alkanes of at least 4 members (excludes halogenated alkanes) is 4. The highest BCUT2D eigenvalue weighted by atomic mass is 16.6. The second kappa shape index (κ2) is 13.8. The molecule has 0 amide bonds. The Kier molecular flexibility index (Phi) is 12.0. The van der Waals surface area contributed by atoms with E-state index in [0.29, 0.717) is 12.2 Å². The van der Waals surface area contributed by atoms with Crippen LogP contribution in [0.25, 0.3) is 0 Å². The van der Waals surface area contributed by atoms with Crippen molar-refractivity contribution in [2.24, 2.45) is 5.92 Å². The Morgan fingerprint density at radius 2 is 1.62 bits per heavy atom. The van der Waals surface area contributed by atoms with Crippen LogP contribution >= 0.6 is 0 Å². The normalized spacial score (nSPS) is 12.3. The Balaban J connectivity index is 2.38. The molecule has 0 aliphatic carbocycles. The molecule has 1 rings (SSSR count). The molecule has 0 aliphatic rings. The molecule has 0 aliphatic heterocycles. The molecule has 0 saturated heterocycles. The Morgan fingerprint density at radius 1 is 0.962 bits per heavy atom. The summed E-state index contributed by atoms with van der Waals surface area (Å²) >= 11 is 0. The summed E-state index contributed by atoms with van der Waals surface area (Å²) < 4.78 is 10.9. The van der Waals surface area contributed by atoms with Gasteiger partial charge in [-0.05, 0) is 49.3 Å². The van der Waals surface area contributed by atoms with Crippen molar-refractivity contribution >= 4 is 5.97 Å². The third-order valence-electron chi connectivity index (χ3n) is 4.69. The van der Waals surface area contributed by atoms with Gasteiger partial charge < -0.3 is 9.47 Å². The molecular formula is C23H38O3. The van der Waals surface area contributed by atoms with Crippen molar-refractivity contribution in [3.8, 4) is 0 Å². The highest BCUT2D eigenvalue weighted by Crippen LogP contribution is 2.15. The Labute approximate surface area is 160 Å². The van der Waals surface area contributed by atoms with Gasteiger partial charge in [-0.1, -0.05) is 65.0 Å². The number of methoxy groups -OCH3 is 1. The molecule has 0 aromatic heterocycles. The maximum Gasteiger partial charge on any atom is 0.338 e. The van der Waals surface area contributed by atoms with Crippen LogP contribution < -0.4 is 0 Å². The number of esters is 1. The monoisotopic (exact) mass is 362 g/mol. The van der Waals surface area contributed by atoms with Gasteiger partial charge in [0.1, 0.15) is 6.10 Å². The summed E-state index contributed by atoms with van der Waals surface area (Å²) in [5.41, 5.74) is 1.90. The lowest BCUT2D eigenvalue weighted by atomic mass is 10.0. The van der Waals surface area contributed by atoms with E-state index < -0.39 is 0 Å². The number of hydrogen-bond acceptors (Lipinski definition) is 3. The summed E-state index contributed by atoms with van der Waals surface area (Å²) in [4.78, 5) is 12.4. The second-order valence-corrected chi connectivity index (χ2v) is 7.67. The van der Waals surface area contributed by atoms with Crippen LogP contribution in [-0.2, 0) is 15.9 Å². The highest BCUT2D eigenvalue weighted by molar-refractivity contribution is 5.89. The number of carbonyl (C=O) groups is 1. The minimum Gasteiger partial charge on any atom is -0.456 e. The van der Waals surface area contributed by atoms with Crippen molar-refractivity contribution in [3.05, 3.63) is 35.4 Å². The molecule has 1 unspecified atom stereocenters. The van der Waals surface area contributed by atoms with E-state index >= 15 is 0 Å². The standard InChI is InChI=1S/C23H38O3/c1-5-6-12-20-14-16-21(17-15-20)23(24)26-22(18-25-4)13-10-8-7-9-11-19(2)3/h14-17,19,22H,5-13,18H2,1-4H3. The van der Waals surface area contributed by atoms with Gasteiger partial charge in [-0.2, -0.15) is 0 Å². The lowest BCUT2D eigenvalue weighted by Crippen LogP contribution is -2.23.